The Morgan fingerprint density at radius 1 is 1.33 bits per heavy atom. The number of nitrogens with one attached hydrogen (secondary N) is 1. The smallest absolute Gasteiger partial charge is 0.244 e. The minimum Gasteiger partial charge on any atom is -0.273 e. The van der Waals surface area contributed by atoms with Crippen molar-refractivity contribution in [2.24, 2.45) is 22.4 Å². The predicted octanol–water partition coefficient (Wildman–Crippen LogP) is 3.63. The van der Waals surface area contributed by atoms with E-state index in [1.807, 2.05) is 42.5 Å². The molecule has 0 unspecified atom stereocenters. The van der Waals surface area contributed by atoms with Crippen LogP contribution in [0, 0.1) is 17.3 Å². The lowest BCUT2D eigenvalue weighted by Crippen LogP contribution is -2.22. The third-order valence-electron chi connectivity index (χ3n) is 5.04. The Labute approximate surface area is 126 Å². The molecule has 1 aromatic carbocycles. The first-order valence-corrected chi connectivity index (χ1v) is 7.76. The minimum atomic E-state index is 0.0914. The molecule has 2 fully saturated rings. The van der Waals surface area contributed by atoms with E-state index in [9.17, 15) is 4.79 Å². The van der Waals surface area contributed by atoms with E-state index >= 15 is 0 Å². The highest BCUT2D eigenvalue weighted by atomic mass is 16.2. The van der Waals surface area contributed by atoms with Crippen molar-refractivity contribution in [3.8, 4) is 0 Å². The largest absolute Gasteiger partial charge is 0.273 e. The zero-order valence-corrected chi connectivity index (χ0v) is 12.5. The van der Waals surface area contributed by atoms with Gasteiger partial charge >= 0.3 is 0 Å². The molecule has 3 atom stereocenters. The molecule has 0 aliphatic heterocycles. The molecule has 0 aromatic heterocycles. The molecule has 3 rings (SSSR count). The van der Waals surface area contributed by atoms with Crippen molar-refractivity contribution in [2.75, 3.05) is 0 Å². The predicted molar refractivity (Wildman–Crippen MR) is 85.7 cm³/mol. The topological polar surface area (TPSA) is 41.5 Å². The normalized spacial score (nSPS) is 31.3. The number of hydrazone groups is 1. The average molecular weight is 282 g/mol. The number of carbonyl (C=O) groups excluding carboxylic acids is 1. The first kappa shape index (κ1) is 14.1. The van der Waals surface area contributed by atoms with Crippen LogP contribution >= 0.6 is 0 Å². The van der Waals surface area contributed by atoms with Crippen LogP contribution in [0.25, 0.3) is 6.08 Å². The van der Waals surface area contributed by atoms with Gasteiger partial charge in [0.2, 0.25) is 5.91 Å². The SMILES string of the molecule is C[C@@]12CCCC[C@@H]1[C@@H]2C(=O)N/N=C\C=C\c1ccccc1. The maximum absolute atomic E-state index is 12.2. The van der Waals surface area contributed by atoms with Crippen LogP contribution < -0.4 is 5.43 Å². The second kappa shape index (κ2) is 5.84. The van der Waals surface area contributed by atoms with Gasteiger partial charge in [0.1, 0.15) is 0 Å². The van der Waals surface area contributed by atoms with E-state index in [2.05, 4.69) is 17.5 Å². The number of carbonyl (C=O) groups is 1. The molecule has 21 heavy (non-hydrogen) atoms. The maximum atomic E-state index is 12.2. The Balaban J connectivity index is 1.48. The van der Waals surface area contributed by atoms with Gasteiger partial charge in [0.15, 0.2) is 0 Å². The Bertz CT molecular complexity index is 564. The second-order valence-electron chi connectivity index (χ2n) is 6.36. The number of rotatable bonds is 4. The molecule has 0 bridgehead atoms. The molecule has 1 amide bonds. The summed E-state index contributed by atoms with van der Waals surface area (Å²) in [7, 11) is 0. The Hall–Kier alpha value is -1.90. The van der Waals surface area contributed by atoms with E-state index in [1.54, 1.807) is 6.21 Å². The molecular weight excluding hydrogens is 260 g/mol. The van der Waals surface area contributed by atoms with Crippen molar-refractivity contribution in [1.82, 2.24) is 5.43 Å². The molecule has 0 spiro atoms. The van der Waals surface area contributed by atoms with Crippen molar-refractivity contribution in [1.29, 1.82) is 0 Å². The Morgan fingerprint density at radius 2 is 2.14 bits per heavy atom. The van der Waals surface area contributed by atoms with Gasteiger partial charge in [-0.3, -0.25) is 4.79 Å². The second-order valence-corrected chi connectivity index (χ2v) is 6.36. The average Bonchev–Trinajstić information content (AvgIpc) is 3.13. The Morgan fingerprint density at radius 3 is 2.86 bits per heavy atom. The molecule has 1 N–H and O–H groups in total. The van der Waals surface area contributed by atoms with Gasteiger partial charge in [-0.1, -0.05) is 56.2 Å². The molecule has 2 saturated carbocycles. The standard InChI is InChI=1S/C18H22N2O/c1-18-12-6-5-11-15(18)16(18)17(21)20-19-13-7-10-14-8-3-2-4-9-14/h2-4,7-10,13,15-16H,5-6,11-12H2,1H3,(H,20,21)/b10-7+,19-13-/t15-,16-,18-/m1/s1. The van der Waals surface area contributed by atoms with Gasteiger partial charge in [-0.25, -0.2) is 5.43 Å². The van der Waals surface area contributed by atoms with E-state index in [-0.39, 0.29) is 17.2 Å². The fraction of sp³-hybridized carbons (Fsp3) is 0.444. The third-order valence-corrected chi connectivity index (χ3v) is 5.04. The van der Waals surface area contributed by atoms with Crippen LogP contribution in [0.5, 0.6) is 0 Å². The van der Waals surface area contributed by atoms with Crippen molar-refractivity contribution in [3.05, 3.63) is 42.0 Å². The third kappa shape index (κ3) is 2.92. The molecule has 3 heteroatoms. The molecule has 0 heterocycles. The highest BCUT2D eigenvalue weighted by Crippen LogP contribution is 2.66. The van der Waals surface area contributed by atoms with Crippen LogP contribution in [-0.4, -0.2) is 12.1 Å². The van der Waals surface area contributed by atoms with Crippen molar-refractivity contribution >= 4 is 18.2 Å². The number of amides is 1. The fourth-order valence-corrected chi connectivity index (χ4v) is 3.78. The van der Waals surface area contributed by atoms with E-state index in [4.69, 9.17) is 0 Å². The van der Waals surface area contributed by atoms with Gasteiger partial charge in [-0.2, -0.15) is 5.10 Å². The van der Waals surface area contributed by atoms with Crippen LogP contribution in [-0.2, 0) is 4.79 Å². The summed E-state index contributed by atoms with van der Waals surface area (Å²) in [6.07, 6.45) is 10.4. The molecule has 2 aliphatic rings. The van der Waals surface area contributed by atoms with Crippen molar-refractivity contribution in [2.45, 2.75) is 32.6 Å². The Kier molecular flexibility index (Phi) is 3.91. The first-order chi connectivity index (χ1) is 10.2. The van der Waals surface area contributed by atoms with Gasteiger partial charge in [-0.15, -0.1) is 0 Å². The molecule has 2 aliphatic carbocycles. The summed E-state index contributed by atoms with van der Waals surface area (Å²) in [5.74, 6) is 0.852. The van der Waals surface area contributed by atoms with Crippen LogP contribution in [0.3, 0.4) is 0 Å². The molecular formula is C18H22N2O. The summed E-state index contributed by atoms with van der Waals surface area (Å²) >= 11 is 0. The number of fused-ring (bicyclic) bond motifs is 1. The number of nitrogens with zero attached hydrogens (tertiary/aromatic N) is 1. The highest BCUT2D eigenvalue weighted by Gasteiger charge is 2.64. The minimum absolute atomic E-state index is 0.0914. The lowest BCUT2D eigenvalue weighted by molar-refractivity contribution is -0.123. The lowest BCUT2D eigenvalue weighted by atomic mass is 9.90. The summed E-state index contributed by atoms with van der Waals surface area (Å²) < 4.78 is 0. The highest BCUT2D eigenvalue weighted by molar-refractivity contribution is 5.85. The van der Waals surface area contributed by atoms with Crippen LogP contribution in [0.15, 0.2) is 41.5 Å². The number of hydrogen-bond acceptors (Lipinski definition) is 2. The zero-order valence-electron chi connectivity index (χ0n) is 12.5. The number of hydrogen-bond donors (Lipinski definition) is 1. The zero-order chi connectivity index (χ0) is 14.7. The fourth-order valence-electron chi connectivity index (χ4n) is 3.78. The van der Waals surface area contributed by atoms with Crippen molar-refractivity contribution in [3.63, 3.8) is 0 Å². The summed E-state index contributed by atoms with van der Waals surface area (Å²) in [4.78, 5) is 12.2. The van der Waals surface area contributed by atoms with Crippen LogP contribution in [0.4, 0.5) is 0 Å². The monoisotopic (exact) mass is 282 g/mol. The molecule has 0 saturated heterocycles. The molecule has 3 nitrogen and oxygen atoms in total. The van der Waals surface area contributed by atoms with Gasteiger partial charge in [0.05, 0.1) is 0 Å². The maximum Gasteiger partial charge on any atom is 0.244 e. The van der Waals surface area contributed by atoms with Crippen LogP contribution in [0.2, 0.25) is 0 Å². The first-order valence-electron chi connectivity index (χ1n) is 7.76. The van der Waals surface area contributed by atoms with Gasteiger partial charge < -0.3 is 0 Å². The van der Waals surface area contributed by atoms with E-state index < -0.39 is 0 Å². The van der Waals surface area contributed by atoms with Gasteiger partial charge in [0, 0.05) is 12.1 Å². The van der Waals surface area contributed by atoms with Crippen molar-refractivity contribution < 1.29 is 4.79 Å². The van der Waals surface area contributed by atoms with E-state index in [1.165, 1.54) is 25.7 Å². The quantitative estimate of drug-likeness (QED) is 0.665. The summed E-state index contributed by atoms with van der Waals surface area (Å²) in [6, 6.07) is 10.0. The van der Waals surface area contributed by atoms with Gasteiger partial charge in [0.25, 0.3) is 0 Å². The summed E-state index contributed by atoms with van der Waals surface area (Å²) in [6.45, 7) is 2.25. The molecule has 110 valence electrons. The summed E-state index contributed by atoms with van der Waals surface area (Å²) in [5.41, 5.74) is 4.06. The lowest BCUT2D eigenvalue weighted by Gasteiger charge is -2.15. The summed E-state index contributed by atoms with van der Waals surface area (Å²) in [5, 5.41) is 4.03. The van der Waals surface area contributed by atoms with E-state index in [0.717, 1.165) is 5.56 Å². The molecule has 0 radical (unpaired) electrons. The number of benzene rings is 1. The molecule has 1 aromatic rings. The van der Waals surface area contributed by atoms with E-state index in [0.29, 0.717) is 5.92 Å². The van der Waals surface area contributed by atoms with Crippen LogP contribution in [0.1, 0.15) is 38.2 Å². The number of allylic oxidation sites excluding steroid dienone is 1. The van der Waals surface area contributed by atoms with Gasteiger partial charge in [-0.05, 0) is 35.8 Å².